The van der Waals surface area contributed by atoms with Crippen LogP contribution in [0.25, 0.3) is 0 Å². The lowest BCUT2D eigenvalue weighted by molar-refractivity contribution is 0.0984. The van der Waals surface area contributed by atoms with E-state index in [2.05, 4.69) is 11.9 Å². The second-order valence-corrected chi connectivity index (χ2v) is 4.45. The summed E-state index contributed by atoms with van der Waals surface area (Å²) in [6, 6.07) is 0.795. The van der Waals surface area contributed by atoms with Gasteiger partial charge in [-0.25, -0.2) is 0 Å². The summed E-state index contributed by atoms with van der Waals surface area (Å²) in [6.45, 7) is 2.54. The first-order chi connectivity index (χ1) is 6.84. The first-order valence-electron chi connectivity index (χ1n) is 5.68. The molecule has 0 unspecified atom stereocenters. The van der Waals surface area contributed by atoms with E-state index in [0.717, 1.165) is 19.2 Å². The highest BCUT2D eigenvalue weighted by molar-refractivity contribution is 6.17. The summed E-state index contributed by atoms with van der Waals surface area (Å²) in [5, 5.41) is 0. The van der Waals surface area contributed by atoms with Crippen LogP contribution in [0, 0.1) is 0 Å². The summed E-state index contributed by atoms with van der Waals surface area (Å²) < 4.78 is 5.37. The average molecular weight is 220 g/mol. The zero-order chi connectivity index (χ0) is 10.2. The van der Waals surface area contributed by atoms with Crippen molar-refractivity contribution in [3.63, 3.8) is 0 Å². The molecular weight excluding hydrogens is 198 g/mol. The highest BCUT2D eigenvalue weighted by atomic mass is 35.5. The van der Waals surface area contributed by atoms with Gasteiger partial charge in [-0.05, 0) is 19.9 Å². The van der Waals surface area contributed by atoms with Gasteiger partial charge in [-0.15, -0.1) is 11.6 Å². The molecule has 0 saturated heterocycles. The van der Waals surface area contributed by atoms with Gasteiger partial charge in [0.15, 0.2) is 0 Å². The van der Waals surface area contributed by atoms with Gasteiger partial charge in [0.05, 0.1) is 13.2 Å². The number of hydrogen-bond donors (Lipinski definition) is 0. The molecule has 0 atom stereocenters. The smallest absolute Gasteiger partial charge is 0.0602 e. The molecule has 14 heavy (non-hydrogen) atoms. The Labute approximate surface area is 92.6 Å². The molecule has 3 heteroatoms. The number of nitrogens with zero attached hydrogens (tertiary/aromatic N) is 1. The first-order valence-corrected chi connectivity index (χ1v) is 6.22. The van der Waals surface area contributed by atoms with Gasteiger partial charge in [-0.2, -0.15) is 0 Å². The van der Waals surface area contributed by atoms with Crippen LogP contribution >= 0.6 is 11.6 Å². The van der Waals surface area contributed by atoms with Gasteiger partial charge >= 0.3 is 0 Å². The minimum Gasteiger partial charge on any atom is -0.379 e. The van der Waals surface area contributed by atoms with Gasteiger partial charge in [-0.1, -0.05) is 19.3 Å². The van der Waals surface area contributed by atoms with E-state index in [1.54, 1.807) is 0 Å². The van der Waals surface area contributed by atoms with Gasteiger partial charge in [0.1, 0.15) is 0 Å². The van der Waals surface area contributed by atoms with Gasteiger partial charge in [0, 0.05) is 18.5 Å². The Morgan fingerprint density at radius 3 is 2.57 bits per heavy atom. The molecule has 2 nitrogen and oxygen atoms in total. The Kier molecular flexibility index (Phi) is 6.57. The van der Waals surface area contributed by atoms with Gasteiger partial charge < -0.3 is 9.64 Å². The van der Waals surface area contributed by atoms with E-state index in [0.29, 0.717) is 12.5 Å². The predicted octanol–water partition coefficient (Wildman–Crippen LogP) is 2.51. The lowest BCUT2D eigenvalue weighted by atomic mass is 9.94. The number of rotatable bonds is 6. The van der Waals surface area contributed by atoms with E-state index in [9.17, 15) is 0 Å². The third-order valence-electron chi connectivity index (χ3n) is 3.01. The van der Waals surface area contributed by atoms with E-state index in [1.807, 2.05) is 0 Å². The van der Waals surface area contributed by atoms with Crippen molar-refractivity contribution in [3.8, 4) is 0 Å². The summed E-state index contributed by atoms with van der Waals surface area (Å²) in [5.41, 5.74) is 0. The van der Waals surface area contributed by atoms with Crippen molar-refractivity contribution in [2.45, 2.75) is 38.1 Å². The largest absolute Gasteiger partial charge is 0.379 e. The maximum atomic E-state index is 5.53. The second kappa shape index (κ2) is 7.49. The number of ether oxygens (including phenoxy) is 1. The fourth-order valence-corrected chi connectivity index (χ4v) is 2.18. The van der Waals surface area contributed by atoms with E-state index in [-0.39, 0.29) is 0 Å². The van der Waals surface area contributed by atoms with E-state index < -0.39 is 0 Å². The van der Waals surface area contributed by atoms with E-state index in [4.69, 9.17) is 16.3 Å². The van der Waals surface area contributed by atoms with E-state index >= 15 is 0 Å². The SMILES string of the molecule is CN(CCOCCCl)C1CCCCC1. The third kappa shape index (κ3) is 4.63. The minimum atomic E-state index is 0.604. The highest BCUT2D eigenvalue weighted by Crippen LogP contribution is 2.21. The predicted molar refractivity (Wildman–Crippen MR) is 61.0 cm³/mol. The zero-order valence-corrected chi connectivity index (χ0v) is 9.93. The number of likely N-dealkylation sites (N-methyl/N-ethyl adjacent to an activating group) is 1. The van der Waals surface area contributed by atoms with Gasteiger partial charge in [0.2, 0.25) is 0 Å². The van der Waals surface area contributed by atoms with Crippen molar-refractivity contribution in [2.75, 3.05) is 32.7 Å². The normalized spacial score (nSPS) is 19.1. The first kappa shape index (κ1) is 12.3. The van der Waals surface area contributed by atoms with Crippen molar-refractivity contribution in [1.29, 1.82) is 0 Å². The molecule has 0 bridgehead atoms. The summed E-state index contributed by atoms with van der Waals surface area (Å²) in [4.78, 5) is 2.44. The van der Waals surface area contributed by atoms with Gasteiger partial charge in [0.25, 0.3) is 0 Å². The Balaban J connectivity index is 2.04. The molecule has 0 heterocycles. The van der Waals surface area contributed by atoms with Crippen molar-refractivity contribution in [3.05, 3.63) is 0 Å². The molecule has 84 valence electrons. The molecule has 1 saturated carbocycles. The summed E-state index contributed by atoms with van der Waals surface area (Å²) in [5.74, 6) is 0.604. The van der Waals surface area contributed by atoms with Crippen LogP contribution in [0.4, 0.5) is 0 Å². The Morgan fingerprint density at radius 2 is 1.93 bits per heavy atom. The van der Waals surface area contributed by atoms with Crippen LogP contribution in [0.3, 0.4) is 0 Å². The lowest BCUT2D eigenvalue weighted by Gasteiger charge is -2.30. The highest BCUT2D eigenvalue weighted by Gasteiger charge is 2.17. The van der Waals surface area contributed by atoms with Crippen LogP contribution in [-0.2, 0) is 4.74 Å². The molecule has 0 radical (unpaired) electrons. The number of hydrogen-bond acceptors (Lipinski definition) is 2. The van der Waals surface area contributed by atoms with Crippen molar-refractivity contribution in [2.24, 2.45) is 0 Å². The molecule has 1 aliphatic rings. The van der Waals surface area contributed by atoms with Crippen LogP contribution in [0.2, 0.25) is 0 Å². The van der Waals surface area contributed by atoms with Crippen LogP contribution < -0.4 is 0 Å². The Bertz CT molecular complexity index is 137. The Hall–Kier alpha value is 0.210. The molecule has 1 rings (SSSR count). The summed E-state index contributed by atoms with van der Waals surface area (Å²) >= 11 is 5.53. The quantitative estimate of drug-likeness (QED) is 0.503. The molecule has 0 aliphatic heterocycles. The molecule has 0 aromatic carbocycles. The van der Waals surface area contributed by atoms with Crippen LogP contribution in [0.5, 0.6) is 0 Å². The molecule has 0 spiro atoms. The summed E-state index contributed by atoms with van der Waals surface area (Å²) in [7, 11) is 2.21. The van der Waals surface area contributed by atoms with Crippen molar-refractivity contribution in [1.82, 2.24) is 4.90 Å². The minimum absolute atomic E-state index is 0.604. The molecule has 0 N–H and O–H groups in total. The standard InChI is InChI=1S/C11H22ClNO/c1-13(8-10-14-9-7-12)11-5-3-2-4-6-11/h11H,2-10H2,1H3. The summed E-state index contributed by atoms with van der Waals surface area (Å²) in [6.07, 6.45) is 6.96. The third-order valence-corrected chi connectivity index (χ3v) is 3.16. The van der Waals surface area contributed by atoms with E-state index in [1.165, 1.54) is 32.1 Å². The van der Waals surface area contributed by atoms with Crippen molar-refractivity contribution < 1.29 is 4.74 Å². The van der Waals surface area contributed by atoms with Crippen LogP contribution in [0.1, 0.15) is 32.1 Å². The topological polar surface area (TPSA) is 12.5 Å². The maximum absolute atomic E-state index is 5.53. The number of alkyl halides is 1. The monoisotopic (exact) mass is 219 g/mol. The average Bonchev–Trinajstić information content (AvgIpc) is 2.25. The maximum Gasteiger partial charge on any atom is 0.0602 e. The van der Waals surface area contributed by atoms with Crippen LogP contribution in [0.15, 0.2) is 0 Å². The fraction of sp³-hybridized carbons (Fsp3) is 1.00. The number of halogens is 1. The lowest BCUT2D eigenvalue weighted by Crippen LogP contribution is -2.35. The molecule has 0 amide bonds. The van der Waals surface area contributed by atoms with Gasteiger partial charge in [-0.3, -0.25) is 0 Å². The molecular formula is C11H22ClNO. The molecule has 0 aromatic heterocycles. The zero-order valence-electron chi connectivity index (χ0n) is 9.17. The Morgan fingerprint density at radius 1 is 1.21 bits per heavy atom. The van der Waals surface area contributed by atoms with Crippen LogP contribution in [-0.4, -0.2) is 43.6 Å². The fourth-order valence-electron chi connectivity index (χ4n) is 2.07. The molecule has 0 aromatic rings. The second-order valence-electron chi connectivity index (χ2n) is 4.07. The van der Waals surface area contributed by atoms with Crippen molar-refractivity contribution >= 4 is 11.6 Å². The molecule has 1 fully saturated rings. The molecule has 1 aliphatic carbocycles.